The summed E-state index contributed by atoms with van der Waals surface area (Å²) in [5.41, 5.74) is 2.07. The number of sulfonamides is 1. The first-order valence-electron chi connectivity index (χ1n) is 8.11. The normalized spacial score (nSPS) is 11.6. The number of thiazole rings is 1. The van der Waals surface area contributed by atoms with E-state index in [4.69, 9.17) is 4.42 Å². The second kappa shape index (κ2) is 7.01. The zero-order chi connectivity index (χ0) is 18.9. The van der Waals surface area contributed by atoms with Gasteiger partial charge in [-0.15, -0.1) is 11.3 Å². The Morgan fingerprint density at radius 3 is 2.74 bits per heavy atom. The molecule has 0 spiro atoms. The van der Waals surface area contributed by atoms with Gasteiger partial charge in [-0.25, -0.2) is 13.4 Å². The van der Waals surface area contributed by atoms with E-state index in [-0.39, 0.29) is 5.75 Å². The molecule has 0 saturated carbocycles. The van der Waals surface area contributed by atoms with Crippen LogP contribution >= 0.6 is 11.3 Å². The zero-order valence-corrected chi connectivity index (χ0v) is 16.0. The molecule has 1 aromatic carbocycles. The SMILES string of the molecule is Cc1cc(NS(=O)(=O)Cc2ccccc2)n(-c2nc(-c3ccco3)cs2)n1. The number of rotatable bonds is 6. The van der Waals surface area contributed by atoms with Gasteiger partial charge in [-0.05, 0) is 24.6 Å². The van der Waals surface area contributed by atoms with E-state index in [0.29, 0.717) is 33.7 Å². The standard InChI is InChI=1S/C18H16N4O3S2/c1-13-10-17(21-27(23,24)12-14-6-3-2-4-7-14)22(20-13)18-19-15(11-26-18)16-8-5-9-25-16/h2-11,21H,12H2,1H3. The minimum Gasteiger partial charge on any atom is -0.463 e. The van der Waals surface area contributed by atoms with E-state index in [1.807, 2.05) is 29.6 Å². The van der Waals surface area contributed by atoms with Crippen LogP contribution in [0.4, 0.5) is 5.82 Å². The number of anilines is 1. The Hall–Kier alpha value is -2.91. The quantitative estimate of drug-likeness (QED) is 0.531. The molecule has 3 aromatic heterocycles. The maximum Gasteiger partial charge on any atom is 0.238 e. The van der Waals surface area contributed by atoms with Gasteiger partial charge in [0, 0.05) is 11.4 Å². The molecule has 0 fully saturated rings. The third kappa shape index (κ3) is 3.93. The highest BCUT2D eigenvalue weighted by Gasteiger charge is 2.18. The van der Waals surface area contributed by atoms with Gasteiger partial charge in [0.15, 0.2) is 5.76 Å². The average Bonchev–Trinajstić information content (AvgIpc) is 3.35. The Bertz CT molecular complexity index is 1150. The van der Waals surface area contributed by atoms with Crippen molar-refractivity contribution in [2.75, 3.05) is 4.72 Å². The van der Waals surface area contributed by atoms with Crippen LogP contribution in [-0.4, -0.2) is 23.2 Å². The fourth-order valence-corrected chi connectivity index (χ4v) is 4.55. The van der Waals surface area contributed by atoms with Crippen LogP contribution in [0.1, 0.15) is 11.3 Å². The molecular formula is C18H16N4O3S2. The van der Waals surface area contributed by atoms with Crippen LogP contribution in [0.25, 0.3) is 16.6 Å². The number of nitrogens with one attached hydrogen (secondary N) is 1. The van der Waals surface area contributed by atoms with Gasteiger partial charge in [-0.1, -0.05) is 30.3 Å². The van der Waals surface area contributed by atoms with Gasteiger partial charge in [0.25, 0.3) is 0 Å². The van der Waals surface area contributed by atoms with E-state index in [9.17, 15) is 8.42 Å². The number of benzene rings is 1. The number of aryl methyl sites for hydroxylation is 1. The summed E-state index contributed by atoms with van der Waals surface area (Å²) in [5, 5.41) is 6.76. The van der Waals surface area contributed by atoms with Crippen molar-refractivity contribution in [3.8, 4) is 16.6 Å². The van der Waals surface area contributed by atoms with E-state index in [1.54, 1.807) is 37.5 Å². The van der Waals surface area contributed by atoms with Crippen molar-refractivity contribution in [3.63, 3.8) is 0 Å². The third-order valence-corrected chi connectivity index (χ3v) is 5.79. The Labute approximate surface area is 160 Å². The van der Waals surface area contributed by atoms with Crippen LogP contribution in [0.3, 0.4) is 0 Å². The van der Waals surface area contributed by atoms with E-state index in [2.05, 4.69) is 14.8 Å². The summed E-state index contributed by atoms with van der Waals surface area (Å²) >= 11 is 1.35. The summed E-state index contributed by atoms with van der Waals surface area (Å²) in [6.45, 7) is 1.80. The van der Waals surface area contributed by atoms with Crippen molar-refractivity contribution < 1.29 is 12.8 Å². The Morgan fingerprint density at radius 2 is 2.00 bits per heavy atom. The summed E-state index contributed by atoms with van der Waals surface area (Å²) in [4.78, 5) is 4.50. The molecule has 138 valence electrons. The van der Waals surface area contributed by atoms with Crippen molar-refractivity contribution >= 4 is 27.2 Å². The van der Waals surface area contributed by atoms with E-state index in [1.165, 1.54) is 16.0 Å². The van der Waals surface area contributed by atoms with E-state index in [0.717, 1.165) is 0 Å². The Kier molecular flexibility index (Phi) is 4.54. The molecule has 4 aromatic rings. The second-order valence-electron chi connectivity index (χ2n) is 5.92. The van der Waals surface area contributed by atoms with Crippen molar-refractivity contribution in [1.82, 2.24) is 14.8 Å². The number of nitrogens with zero attached hydrogens (tertiary/aromatic N) is 3. The molecule has 0 unspecified atom stereocenters. The lowest BCUT2D eigenvalue weighted by atomic mass is 10.2. The summed E-state index contributed by atoms with van der Waals surface area (Å²) in [5.74, 6) is 0.879. The smallest absolute Gasteiger partial charge is 0.238 e. The molecule has 4 rings (SSSR count). The van der Waals surface area contributed by atoms with Crippen LogP contribution in [0.2, 0.25) is 0 Å². The maximum absolute atomic E-state index is 12.6. The lowest BCUT2D eigenvalue weighted by molar-refractivity contribution is 0.580. The first kappa shape index (κ1) is 17.5. The van der Waals surface area contributed by atoms with Gasteiger partial charge in [0.1, 0.15) is 11.5 Å². The zero-order valence-electron chi connectivity index (χ0n) is 14.4. The first-order chi connectivity index (χ1) is 13.0. The molecular weight excluding hydrogens is 384 g/mol. The van der Waals surface area contributed by atoms with E-state index >= 15 is 0 Å². The molecule has 3 heterocycles. The summed E-state index contributed by atoms with van der Waals surface area (Å²) in [6, 6.07) is 14.3. The molecule has 0 aliphatic carbocycles. The van der Waals surface area contributed by atoms with Gasteiger partial charge in [0.05, 0.1) is 17.7 Å². The fraction of sp³-hybridized carbons (Fsp3) is 0.111. The predicted octanol–water partition coefficient (Wildman–Crippen LogP) is 3.84. The molecule has 0 aliphatic heterocycles. The maximum atomic E-state index is 12.6. The van der Waals surface area contributed by atoms with Crippen molar-refractivity contribution in [3.05, 3.63) is 71.4 Å². The Balaban J connectivity index is 1.62. The van der Waals surface area contributed by atoms with Crippen molar-refractivity contribution in [1.29, 1.82) is 0 Å². The van der Waals surface area contributed by atoms with E-state index < -0.39 is 10.0 Å². The highest BCUT2D eigenvalue weighted by atomic mass is 32.2. The average molecular weight is 400 g/mol. The van der Waals surface area contributed by atoms with Gasteiger partial charge < -0.3 is 4.42 Å². The topological polar surface area (TPSA) is 90.0 Å². The molecule has 1 N–H and O–H groups in total. The monoisotopic (exact) mass is 400 g/mol. The van der Waals surface area contributed by atoms with Gasteiger partial charge in [-0.2, -0.15) is 9.78 Å². The minimum absolute atomic E-state index is 0.117. The van der Waals surface area contributed by atoms with Gasteiger partial charge in [-0.3, -0.25) is 4.72 Å². The summed E-state index contributed by atoms with van der Waals surface area (Å²) in [6.07, 6.45) is 1.58. The van der Waals surface area contributed by atoms with Crippen LogP contribution in [0, 0.1) is 6.92 Å². The molecule has 27 heavy (non-hydrogen) atoms. The molecule has 0 aliphatic rings. The summed E-state index contributed by atoms with van der Waals surface area (Å²) < 4.78 is 34.6. The lowest BCUT2D eigenvalue weighted by Gasteiger charge is -2.09. The van der Waals surface area contributed by atoms with Crippen LogP contribution in [0.15, 0.2) is 64.6 Å². The molecule has 7 nitrogen and oxygen atoms in total. The van der Waals surface area contributed by atoms with Crippen LogP contribution in [-0.2, 0) is 15.8 Å². The van der Waals surface area contributed by atoms with Gasteiger partial charge >= 0.3 is 0 Å². The molecule has 0 atom stereocenters. The predicted molar refractivity (Wildman–Crippen MR) is 104 cm³/mol. The molecule has 0 saturated heterocycles. The molecule has 0 radical (unpaired) electrons. The van der Waals surface area contributed by atoms with Crippen LogP contribution in [0.5, 0.6) is 0 Å². The lowest BCUT2D eigenvalue weighted by Crippen LogP contribution is -2.17. The molecule has 9 heteroatoms. The second-order valence-corrected chi connectivity index (χ2v) is 8.48. The number of furan rings is 1. The molecule has 0 bridgehead atoms. The third-order valence-electron chi connectivity index (χ3n) is 3.74. The van der Waals surface area contributed by atoms with Crippen LogP contribution < -0.4 is 4.72 Å². The Morgan fingerprint density at radius 1 is 1.19 bits per heavy atom. The van der Waals surface area contributed by atoms with Crippen molar-refractivity contribution in [2.24, 2.45) is 0 Å². The largest absolute Gasteiger partial charge is 0.463 e. The minimum atomic E-state index is -3.59. The highest BCUT2D eigenvalue weighted by molar-refractivity contribution is 7.91. The number of hydrogen-bond donors (Lipinski definition) is 1. The first-order valence-corrected chi connectivity index (χ1v) is 10.6. The fourth-order valence-electron chi connectivity index (χ4n) is 2.61. The van der Waals surface area contributed by atoms with Crippen molar-refractivity contribution in [2.45, 2.75) is 12.7 Å². The summed E-state index contributed by atoms with van der Waals surface area (Å²) in [7, 11) is -3.59. The number of hydrogen-bond acceptors (Lipinski definition) is 6. The number of aromatic nitrogens is 3. The highest BCUT2D eigenvalue weighted by Crippen LogP contribution is 2.27. The van der Waals surface area contributed by atoms with Gasteiger partial charge in [0.2, 0.25) is 15.2 Å². The molecule has 0 amide bonds.